The zero-order valence-corrected chi connectivity index (χ0v) is 15.2. The smallest absolute Gasteiger partial charge is 0.335 e. The number of benzene rings is 1. The Hall–Kier alpha value is -2.64. The average Bonchev–Trinajstić information content (AvgIpc) is 3.44. The highest BCUT2D eigenvalue weighted by molar-refractivity contribution is 5.74. The van der Waals surface area contributed by atoms with Crippen LogP contribution in [0.2, 0.25) is 0 Å². The molecule has 1 aliphatic heterocycles. The van der Waals surface area contributed by atoms with Crippen molar-refractivity contribution in [2.24, 2.45) is 5.92 Å². The van der Waals surface area contributed by atoms with Crippen LogP contribution in [0.25, 0.3) is 0 Å². The number of carbonyl (C=O) groups excluding carboxylic acids is 1. The number of rotatable bonds is 5. The topological polar surface area (TPSA) is 81.0 Å². The molecule has 8 heteroatoms. The highest BCUT2D eigenvalue weighted by Gasteiger charge is 2.26. The molecule has 2 N–H and O–H groups in total. The summed E-state index contributed by atoms with van der Waals surface area (Å²) in [7, 11) is 0. The van der Waals surface area contributed by atoms with Crippen molar-refractivity contribution in [3.05, 3.63) is 52.0 Å². The third-order valence-electron chi connectivity index (χ3n) is 5.25. The van der Waals surface area contributed by atoms with Gasteiger partial charge in [-0.3, -0.25) is 4.57 Å². The van der Waals surface area contributed by atoms with Gasteiger partial charge in [-0.1, -0.05) is 12.1 Å². The summed E-state index contributed by atoms with van der Waals surface area (Å²) >= 11 is 0. The van der Waals surface area contributed by atoms with E-state index in [0.717, 1.165) is 24.4 Å². The lowest BCUT2D eigenvalue weighted by molar-refractivity contribution is 0.235. The van der Waals surface area contributed by atoms with Gasteiger partial charge in [-0.05, 0) is 49.3 Å². The molecule has 2 heterocycles. The van der Waals surface area contributed by atoms with Crippen LogP contribution >= 0.6 is 0 Å². The molecule has 1 aliphatic carbocycles. The molecule has 2 aromatic rings. The number of halogens is 1. The highest BCUT2D eigenvalue weighted by Crippen LogP contribution is 2.30. The van der Waals surface area contributed by atoms with Crippen molar-refractivity contribution in [3.63, 3.8) is 0 Å². The first kappa shape index (κ1) is 17.8. The number of fused-ring (bicyclic) bond motifs is 1. The standard InChI is InChI=1S/C19H24FN5O2/c20-15-5-3-13(4-6-15)11-21-18(26)22-16-7-8-17-23-25(12-14-1-2-14)19(27)24(17)10-9-16/h3-6,14,16H,1-2,7-12H2,(H2,21,22,26). The van der Waals surface area contributed by atoms with E-state index in [9.17, 15) is 14.0 Å². The molecule has 1 fully saturated rings. The number of carbonyl (C=O) groups is 1. The van der Waals surface area contributed by atoms with Crippen LogP contribution < -0.4 is 16.3 Å². The summed E-state index contributed by atoms with van der Waals surface area (Å²) in [6, 6.07) is 5.78. The Kier molecular flexibility index (Phi) is 4.96. The largest absolute Gasteiger partial charge is 0.345 e. The molecular weight excluding hydrogens is 349 g/mol. The summed E-state index contributed by atoms with van der Waals surface area (Å²) in [5.74, 6) is 1.13. The van der Waals surface area contributed by atoms with Crippen LogP contribution in [0.4, 0.5) is 9.18 Å². The van der Waals surface area contributed by atoms with Gasteiger partial charge in [0.2, 0.25) is 0 Å². The molecular formula is C19H24FN5O2. The van der Waals surface area contributed by atoms with E-state index in [1.807, 2.05) is 0 Å². The van der Waals surface area contributed by atoms with Gasteiger partial charge in [0, 0.05) is 32.1 Å². The van der Waals surface area contributed by atoms with Crippen LogP contribution in [-0.2, 0) is 26.1 Å². The molecule has 1 unspecified atom stereocenters. The van der Waals surface area contributed by atoms with E-state index in [0.29, 0.717) is 31.8 Å². The molecule has 1 aromatic carbocycles. The summed E-state index contributed by atoms with van der Waals surface area (Å²) in [5, 5.41) is 10.3. The van der Waals surface area contributed by atoms with Crippen LogP contribution in [-0.4, -0.2) is 26.4 Å². The molecule has 0 spiro atoms. The number of aryl methyl sites for hydroxylation is 1. The predicted octanol–water partition coefficient (Wildman–Crippen LogP) is 1.80. The minimum Gasteiger partial charge on any atom is -0.335 e. The molecule has 0 bridgehead atoms. The fourth-order valence-electron chi connectivity index (χ4n) is 3.46. The highest BCUT2D eigenvalue weighted by atomic mass is 19.1. The second-order valence-electron chi connectivity index (χ2n) is 7.45. The minimum atomic E-state index is -0.296. The van der Waals surface area contributed by atoms with Crippen molar-refractivity contribution in [2.45, 2.75) is 57.8 Å². The maximum absolute atomic E-state index is 12.9. The van der Waals surface area contributed by atoms with E-state index >= 15 is 0 Å². The van der Waals surface area contributed by atoms with E-state index in [-0.39, 0.29) is 23.6 Å². The monoisotopic (exact) mass is 373 g/mol. The zero-order chi connectivity index (χ0) is 18.8. The summed E-state index contributed by atoms with van der Waals surface area (Å²) in [6.07, 6.45) is 4.51. The number of hydrogen-bond donors (Lipinski definition) is 2. The summed E-state index contributed by atoms with van der Waals surface area (Å²) in [4.78, 5) is 24.6. The lowest BCUT2D eigenvalue weighted by atomic mass is 10.1. The van der Waals surface area contributed by atoms with Crippen LogP contribution in [0.5, 0.6) is 0 Å². The maximum atomic E-state index is 12.9. The van der Waals surface area contributed by atoms with Gasteiger partial charge in [0.05, 0.1) is 0 Å². The number of nitrogens with zero attached hydrogens (tertiary/aromatic N) is 3. The fraction of sp³-hybridized carbons (Fsp3) is 0.526. The first-order valence-electron chi connectivity index (χ1n) is 9.54. The number of urea groups is 1. The zero-order valence-electron chi connectivity index (χ0n) is 15.2. The fourth-order valence-corrected chi connectivity index (χ4v) is 3.46. The molecule has 2 amide bonds. The lowest BCUT2D eigenvalue weighted by Gasteiger charge is -2.16. The van der Waals surface area contributed by atoms with Crippen molar-refractivity contribution in [3.8, 4) is 0 Å². The van der Waals surface area contributed by atoms with Gasteiger partial charge in [-0.2, -0.15) is 5.10 Å². The molecule has 27 heavy (non-hydrogen) atoms. The first-order valence-corrected chi connectivity index (χ1v) is 9.54. The maximum Gasteiger partial charge on any atom is 0.345 e. The first-order chi connectivity index (χ1) is 13.1. The number of amides is 2. The minimum absolute atomic E-state index is 0.00352. The number of nitrogens with one attached hydrogen (secondary N) is 2. The average molecular weight is 373 g/mol. The molecule has 1 aromatic heterocycles. The molecule has 144 valence electrons. The van der Waals surface area contributed by atoms with Crippen LogP contribution in [0, 0.1) is 11.7 Å². The molecule has 0 saturated heterocycles. The van der Waals surface area contributed by atoms with Gasteiger partial charge >= 0.3 is 11.7 Å². The van der Waals surface area contributed by atoms with Gasteiger partial charge in [0.25, 0.3) is 0 Å². The van der Waals surface area contributed by atoms with Gasteiger partial charge in [-0.25, -0.2) is 18.7 Å². The number of hydrogen-bond acceptors (Lipinski definition) is 3. The molecule has 2 aliphatic rings. The van der Waals surface area contributed by atoms with Crippen molar-refractivity contribution in [2.75, 3.05) is 0 Å². The quantitative estimate of drug-likeness (QED) is 0.839. The summed E-state index contributed by atoms with van der Waals surface area (Å²) in [6.45, 7) is 1.64. The van der Waals surface area contributed by atoms with E-state index in [2.05, 4.69) is 15.7 Å². The molecule has 1 atom stereocenters. The SMILES string of the molecule is O=C(NCc1ccc(F)cc1)NC1CCc2nn(CC3CC3)c(=O)n2CC1. The van der Waals surface area contributed by atoms with Gasteiger partial charge < -0.3 is 10.6 Å². The molecule has 1 saturated carbocycles. The third-order valence-corrected chi connectivity index (χ3v) is 5.25. The van der Waals surface area contributed by atoms with Crippen LogP contribution in [0.3, 0.4) is 0 Å². The second kappa shape index (κ2) is 7.54. The van der Waals surface area contributed by atoms with Crippen molar-refractivity contribution in [1.82, 2.24) is 25.0 Å². The van der Waals surface area contributed by atoms with Crippen molar-refractivity contribution < 1.29 is 9.18 Å². The Labute approximate surface area is 156 Å². The Balaban J connectivity index is 1.28. The molecule has 7 nitrogen and oxygen atoms in total. The van der Waals surface area contributed by atoms with Crippen LogP contribution in [0.15, 0.2) is 29.1 Å². The Morgan fingerprint density at radius 3 is 2.70 bits per heavy atom. The Morgan fingerprint density at radius 1 is 1.19 bits per heavy atom. The number of aromatic nitrogens is 3. The Bertz CT molecular complexity index is 869. The van der Waals surface area contributed by atoms with Crippen LogP contribution in [0.1, 0.15) is 37.1 Å². The normalized spacial score (nSPS) is 19.2. The van der Waals surface area contributed by atoms with E-state index in [4.69, 9.17) is 0 Å². The second-order valence-corrected chi connectivity index (χ2v) is 7.45. The molecule has 4 rings (SSSR count). The summed E-state index contributed by atoms with van der Waals surface area (Å²) in [5.41, 5.74) is 0.807. The van der Waals surface area contributed by atoms with Crippen molar-refractivity contribution >= 4 is 6.03 Å². The van der Waals surface area contributed by atoms with Gasteiger partial charge in [0.15, 0.2) is 0 Å². The predicted molar refractivity (Wildman–Crippen MR) is 97.7 cm³/mol. The lowest BCUT2D eigenvalue weighted by Crippen LogP contribution is -2.42. The van der Waals surface area contributed by atoms with E-state index in [1.54, 1.807) is 21.4 Å². The van der Waals surface area contributed by atoms with Gasteiger partial charge in [-0.15, -0.1) is 0 Å². The molecule has 0 radical (unpaired) electrons. The third kappa shape index (κ3) is 4.37. The van der Waals surface area contributed by atoms with Crippen molar-refractivity contribution in [1.29, 1.82) is 0 Å². The van der Waals surface area contributed by atoms with Gasteiger partial charge in [0.1, 0.15) is 11.6 Å². The summed E-state index contributed by atoms with van der Waals surface area (Å²) < 4.78 is 16.3. The van der Waals surface area contributed by atoms with E-state index in [1.165, 1.54) is 25.0 Å². The van der Waals surface area contributed by atoms with E-state index < -0.39 is 0 Å². The Morgan fingerprint density at radius 2 is 1.96 bits per heavy atom.